The van der Waals surface area contributed by atoms with Crippen LogP contribution in [-0.2, 0) is 4.79 Å². The zero-order valence-electron chi connectivity index (χ0n) is 14.9. The molecule has 9 nitrogen and oxygen atoms in total. The van der Waals surface area contributed by atoms with E-state index in [1.807, 2.05) is 31.2 Å². The van der Waals surface area contributed by atoms with Gasteiger partial charge in [0.25, 0.3) is 11.6 Å². The molecular weight excluding hydrogens is 352 g/mol. The topological polar surface area (TPSA) is 126 Å². The quantitative estimate of drug-likeness (QED) is 0.371. The zero-order valence-corrected chi connectivity index (χ0v) is 14.9. The summed E-state index contributed by atoms with van der Waals surface area (Å²) < 4.78 is 5.18. The third-order valence-electron chi connectivity index (χ3n) is 3.58. The molecule has 3 N–H and O–H groups in total. The first-order valence-corrected chi connectivity index (χ1v) is 8.18. The van der Waals surface area contributed by atoms with E-state index in [0.29, 0.717) is 0 Å². The first kappa shape index (κ1) is 19.7. The second-order valence-corrected chi connectivity index (χ2v) is 5.53. The van der Waals surface area contributed by atoms with Crippen LogP contribution in [0.2, 0.25) is 0 Å². The Morgan fingerprint density at radius 2 is 2.11 bits per heavy atom. The van der Waals surface area contributed by atoms with Crippen molar-refractivity contribution < 1.29 is 19.6 Å². The van der Waals surface area contributed by atoms with Gasteiger partial charge in [0.15, 0.2) is 11.5 Å². The van der Waals surface area contributed by atoms with Crippen LogP contribution < -0.4 is 15.5 Å². The maximum Gasteiger partial charge on any atom is 0.274 e. The van der Waals surface area contributed by atoms with Gasteiger partial charge in [0.2, 0.25) is 0 Å². The Balaban J connectivity index is 2.03. The van der Waals surface area contributed by atoms with E-state index in [1.165, 1.54) is 0 Å². The highest BCUT2D eigenvalue weighted by Gasteiger charge is 2.16. The molecule has 0 saturated carbocycles. The van der Waals surface area contributed by atoms with Crippen molar-refractivity contribution in [2.24, 2.45) is 5.10 Å². The van der Waals surface area contributed by atoms with Crippen LogP contribution in [0, 0.1) is 17.0 Å². The molecular formula is C18H20N4O5. The number of rotatable bonds is 8. The molecule has 1 amide bonds. The molecule has 0 fully saturated rings. The van der Waals surface area contributed by atoms with Crippen LogP contribution in [0.15, 0.2) is 41.5 Å². The first-order chi connectivity index (χ1) is 12.9. The molecule has 0 aromatic heterocycles. The highest BCUT2D eigenvalue weighted by Crippen LogP contribution is 2.33. The molecule has 2 rings (SSSR count). The fourth-order valence-electron chi connectivity index (χ4n) is 2.24. The Bertz CT molecular complexity index is 867. The molecule has 0 bridgehead atoms. The summed E-state index contributed by atoms with van der Waals surface area (Å²) in [5, 5.41) is 27.8. The van der Waals surface area contributed by atoms with Gasteiger partial charge in [0.05, 0.1) is 30.4 Å². The molecule has 2 aromatic carbocycles. The molecule has 0 atom stereocenters. The predicted molar refractivity (Wildman–Crippen MR) is 101 cm³/mol. The Morgan fingerprint density at radius 3 is 2.78 bits per heavy atom. The number of benzene rings is 2. The van der Waals surface area contributed by atoms with Gasteiger partial charge in [-0.1, -0.05) is 18.2 Å². The van der Waals surface area contributed by atoms with Crippen LogP contribution in [0.5, 0.6) is 11.5 Å². The number of aromatic hydroxyl groups is 1. The summed E-state index contributed by atoms with van der Waals surface area (Å²) in [6, 6.07) is 9.78. The minimum absolute atomic E-state index is 0.00664. The van der Waals surface area contributed by atoms with Crippen LogP contribution in [0.3, 0.4) is 0 Å². The van der Waals surface area contributed by atoms with E-state index in [9.17, 15) is 20.0 Å². The number of nitro groups is 1. The average molecular weight is 372 g/mol. The lowest BCUT2D eigenvalue weighted by molar-refractivity contribution is -0.385. The number of hydrogen-bond donors (Lipinski definition) is 3. The van der Waals surface area contributed by atoms with Crippen LogP contribution in [0.25, 0.3) is 0 Å². The number of phenols is 1. The molecule has 0 aliphatic heterocycles. The molecule has 27 heavy (non-hydrogen) atoms. The van der Waals surface area contributed by atoms with Crippen LogP contribution >= 0.6 is 0 Å². The Labute approximate surface area is 155 Å². The molecule has 0 heterocycles. The minimum Gasteiger partial charge on any atom is -0.504 e. The molecule has 0 radical (unpaired) electrons. The van der Waals surface area contributed by atoms with Crippen molar-refractivity contribution in [3.8, 4) is 11.5 Å². The Kier molecular flexibility index (Phi) is 6.70. The number of carbonyl (C=O) groups excluding carboxylic acids is 1. The van der Waals surface area contributed by atoms with Gasteiger partial charge in [0, 0.05) is 17.3 Å². The number of phenolic OH excluding ortho intramolecular Hbond substituents is 1. The second-order valence-electron chi connectivity index (χ2n) is 5.53. The molecule has 0 aliphatic rings. The summed E-state index contributed by atoms with van der Waals surface area (Å²) in [7, 11) is 0. The highest BCUT2D eigenvalue weighted by molar-refractivity contribution is 5.88. The predicted octanol–water partition coefficient (Wildman–Crippen LogP) is 2.57. The number of hydrogen-bond acceptors (Lipinski definition) is 7. The third-order valence-corrected chi connectivity index (χ3v) is 3.58. The summed E-state index contributed by atoms with van der Waals surface area (Å²) in [5.74, 6) is -0.733. The van der Waals surface area contributed by atoms with Crippen LogP contribution in [-0.4, -0.2) is 35.3 Å². The lowest BCUT2D eigenvalue weighted by Crippen LogP contribution is -2.26. The number of hydrazone groups is 1. The SMILES string of the molecule is CCOc1cc([N+](=O)[O-])cc(C=NNC(=O)CNc2ccccc2C)c1O. The number of nitrogens with zero attached hydrogens (tertiary/aromatic N) is 2. The number of para-hydroxylation sites is 1. The van der Waals surface area contributed by atoms with Gasteiger partial charge in [-0.3, -0.25) is 14.9 Å². The molecule has 0 aliphatic carbocycles. The smallest absolute Gasteiger partial charge is 0.274 e. The van der Waals surface area contributed by atoms with E-state index < -0.39 is 10.8 Å². The van der Waals surface area contributed by atoms with Crippen molar-refractivity contribution in [2.45, 2.75) is 13.8 Å². The van der Waals surface area contributed by atoms with Crippen molar-refractivity contribution in [1.29, 1.82) is 0 Å². The highest BCUT2D eigenvalue weighted by atomic mass is 16.6. The van der Waals surface area contributed by atoms with Crippen molar-refractivity contribution >= 4 is 23.5 Å². The van der Waals surface area contributed by atoms with Gasteiger partial charge in [-0.25, -0.2) is 5.43 Å². The standard InChI is InChI=1S/C18H20N4O5/c1-3-27-16-9-14(22(25)26)8-13(18(16)24)10-20-21-17(23)11-19-15-7-5-4-6-12(15)2/h4-10,19,24H,3,11H2,1-2H3,(H,21,23). The summed E-state index contributed by atoms with van der Waals surface area (Å²) >= 11 is 0. The van der Waals surface area contributed by atoms with Gasteiger partial charge in [-0.05, 0) is 25.5 Å². The number of aryl methyl sites for hydroxylation is 1. The second kappa shape index (κ2) is 9.18. The number of nitro benzene ring substituents is 1. The molecule has 0 saturated heterocycles. The van der Waals surface area contributed by atoms with Crippen LogP contribution in [0.1, 0.15) is 18.1 Å². The van der Waals surface area contributed by atoms with Crippen molar-refractivity contribution in [1.82, 2.24) is 5.43 Å². The molecule has 0 spiro atoms. The fraction of sp³-hybridized carbons (Fsp3) is 0.222. The number of anilines is 1. The normalized spacial score (nSPS) is 10.6. The van der Waals surface area contributed by atoms with Gasteiger partial charge in [-0.2, -0.15) is 5.10 Å². The van der Waals surface area contributed by atoms with Gasteiger partial charge >= 0.3 is 0 Å². The summed E-state index contributed by atoms with van der Waals surface area (Å²) in [6.07, 6.45) is 1.12. The van der Waals surface area contributed by atoms with Gasteiger partial charge in [-0.15, -0.1) is 0 Å². The lowest BCUT2D eigenvalue weighted by Gasteiger charge is -2.09. The monoisotopic (exact) mass is 372 g/mol. The minimum atomic E-state index is -0.607. The number of non-ortho nitro benzene ring substituents is 1. The Hall–Kier alpha value is -3.62. The number of amides is 1. The van der Waals surface area contributed by atoms with Crippen molar-refractivity contribution in [3.05, 3.63) is 57.6 Å². The van der Waals surface area contributed by atoms with E-state index >= 15 is 0 Å². The van der Waals surface area contributed by atoms with E-state index in [2.05, 4.69) is 15.8 Å². The van der Waals surface area contributed by atoms with E-state index in [-0.39, 0.29) is 35.9 Å². The van der Waals surface area contributed by atoms with Crippen molar-refractivity contribution in [2.75, 3.05) is 18.5 Å². The number of nitrogens with one attached hydrogen (secondary N) is 2. The van der Waals surface area contributed by atoms with E-state index in [1.54, 1.807) is 6.92 Å². The first-order valence-electron chi connectivity index (χ1n) is 8.18. The molecule has 142 valence electrons. The van der Waals surface area contributed by atoms with E-state index in [0.717, 1.165) is 29.6 Å². The molecule has 9 heteroatoms. The number of carbonyl (C=O) groups is 1. The Morgan fingerprint density at radius 1 is 1.37 bits per heavy atom. The third kappa shape index (κ3) is 5.43. The summed E-state index contributed by atoms with van der Waals surface area (Å²) in [6.45, 7) is 3.83. The summed E-state index contributed by atoms with van der Waals surface area (Å²) in [5.41, 5.74) is 3.92. The van der Waals surface area contributed by atoms with Gasteiger partial charge < -0.3 is 15.2 Å². The number of ether oxygens (including phenoxy) is 1. The maximum atomic E-state index is 11.9. The summed E-state index contributed by atoms with van der Waals surface area (Å²) in [4.78, 5) is 22.3. The maximum absolute atomic E-state index is 11.9. The average Bonchev–Trinajstić information content (AvgIpc) is 2.64. The van der Waals surface area contributed by atoms with Crippen molar-refractivity contribution in [3.63, 3.8) is 0 Å². The molecule has 0 unspecified atom stereocenters. The molecule has 2 aromatic rings. The zero-order chi connectivity index (χ0) is 19.8. The largest absolute Gasteiger partial charge is 0.504 e. The van der Waals surface area contributed by atoms with Crippen LogP contribution in [0.4, 0.5) is 11.4 Å². The lowest BCUT2D eigenvalue weighted by atomic mass is 10.1. The van der Waals surface area contributed by atoms with Gasteiger partial charge in [0.1, 0.15) is 0 Å². The van der Waals surface area contributed by atoms with E-state index in [4.69, 9.17) is 4.74 Å². The fourth-order valence-corrected chi connectivity index (χ4v) is 2.24.